The molecule has 0 amide bonds. The van der Waals surface area contributed by atoms with E-state index in [-0.39, 0.29) is 0 Å². The maximum absolute atomic E-state index is 4.48. The van der Waals surface area contributed by atoms with Crippen LogP contribution < -0.4 is 10.2 Å². The Labute approximate surface area is 105 Å². The van der Waals surface area contributed by atoms with Crippen LogP contribution in [0.4, 0.5) is 11.5 Å². The molecule has 3 heteroatoms. The minimum atomic E-state index is 1.01. The molecule has 1 heterocycles. The van der Waals surface area contributed by atoms with Crippen molar-refractivity contribution in [3.05, 3.63) is 18.3 Å². The highest BCUT2D eigenvalue weighted by atomic mass is 15.2. The molecule has 1 aromatic rings. The van der Waals surface area contributed by atoms with Crippen LogP contribution in [-0.2, 0) is 0 Å². The molecule has 96 valence electrons. The van der Waals surface area contributed by atoms with Crippen molar-refractivity contribution in [3.8, 4) is 0 Å². The molecule has 0 saturated carbocycles. The molecule has 1 rings (SSSR count). The molecule has 0 radical (unpaired) electrons. The maximum atomic E-state index is 4.48. The number of anilines is 2. The van der Waals surface area contributed by atoms with E-state index in [1.54, 1.807) is 0 Å². The van der Waals surface area contributed by atoms with Crippen molar-refractivity contribution in [3.63, 3.8) is 0 Å². The van der Waals surface area contributed by atoms with Crippen molar-refractivity contribution in [1.29, 1.82) is 0 Å². The Bertz CT molecular complexity index is 291. The Hall–Kier alpha value is -1.25. The molecule has 3 nitrogen and oxygen atoms in total. The molecule has 0 aliphatic heterocycles. The molecule has 0 aromatic carbocycles. The monoisotopic (exact) mass is 235 g/mol. The number of aromatic nitrogens is 1. The Morgan fingerprint density at radius 2 is 1.88 bits per heavy atom. The van der Waals surface area contributed by atoms with E-state index >= 15 is 0 Å². The highest BCUT2D eigenvalue weighted by molar-refractivity contribution is 5.48. The lowest BCUT2D eigenvalue weighted by Gasteiger charge is -2.19. The zero-order valence-electron chi connectivity index (χ0n) is 11.4. The molecule has 0 bridgehead atoms. The standard InChI is InChI=1S/C14H25N3/c1-4-7-8-11-15-13-9-10-14(16-12-13)17(5-2)6-3/h9-10,12,15H,4-8,11H2,1-3H3. The van der Waals surface area contributed by atoms with Gasteiger partial charge < -0.3 is 10.2 Å². The highest BCUT2D eigenvalue weighted by Crippen LogP contribution is 2.13. The summed E-state index contributed by atoms with van der Waals surface area (Å²) in [6.45, 7) is 9.59. The second-order valence-electron chi connectivity index (χ2n) is 4.21. The van der Waals surface area contributed by atoms with Gasteiger partial charge in [0.05, 0.1) is 11.9 Å². The van der Waals surface area contributed by atoms with Crippen molar-refractivity contribution in [2.75, 3.05) is 29.9 Å². The molecule has 0 spiro atoms. The fourth-order valence-electron chi connectivity index (χ4n) is 1.83. The summed E-state index contributed by atoms with van der Waals surface area (Å²) in [5, 5.41) is 3.40. The van der Waals surface area contributed by atoms with E-state index in [2.05, 4.69) is 48.1 Å². The lowest BCUT2D eigenvalue weighted by molar-refractivity contribution is 0.743. The molecule has 1 aromatic heterocycles. The van der Waals surface area contributed by atoms with Crippen molar-refractivity contribution in [2.24, 2.45) is 0 Å². The summed E-state index contributed by atoms with van der Waals surface area (Å²) < 4.78 is 0. The normalized spacial score (nSPS) is 10.3. The first-order valence-corrected chi connectivity index (χ1v) is 6.76. The smallest absolute Gasteiger partial charge is 0.128 e. The van der Waals surface area contributed by atoms with E-state index in [1.165, 1.54) is 19.3 Å². The first-order chi connectivity index (χ1) is 8.31. The fraction of sp³-hybridized carbons (Fsp3) is 0.643. The highest BCUT2D eigenvalue weighted by Gasteiger charge is 2.02. The Morgan fingerprint density at radius 1 is 1.12 bits per heavy atom. The van der Waals surface area contributed by atoms with Gasteiger partial charge in [-0.1, -0.05) is 19.8 Å². The largest absolute Gasteiger partial charge is 0.384 e. The predicted molar refractivity (Wildman–Crippen MR) is 75.8 cm³/mol. The summed E-state index contributed by atoms with van der Waals surface area (Å²) in [5.41, 5.74) is 1.12. The summed E-state index contributed by atoms with van der Waals surface area (Å²) in [4.78, 5) is 6.73. The molecule has 0 unspecified atom stereocenters. The molecular formula is C14H25N3. The molecule has 0 fully saturated rings. The third kappa shape index (κ3) is 4.63. The van der Waals surface area contributed by atoms with Crippen LogP contribution in [0.25, 0.3) is 0 Å². The Balaban J connectivity index is 2.44. The van der Waals surface area contributed by atoms with Crippen LogP contribution in [0.3, 0.4) is 0 Å². The van der Waals surface area contributed by atoms with Crippen molar-refractivity contribution >= 4 is 11.5 Å². The summed E-state index contributed by atoms with van der Waals surface area (Å²) >= 11 is 0. The van der Waals surface area contributed by atoms with Crippen LogP contribution in [0.2, 0.25) is 0 Å². The quantitative estimate of drug-likeness (QED) is 0.699. The number of hydrogen-bond donors (Lipinski definition) is 1. The van der Waals surface area contributed by atoms with Gasteiger partial charge in [-0.15, -0.1) is 0 Å². The van der Waals surface area contributed by atoms with Gasteiger partial charge in [0.15, 0.2) is 0 Å². The SMILES string of the molecule is CCCCCNc1ccc(N(CC)CC)nc1. The van der Waals surface area contributed by atoms with Crippen molar-refractivity contribution < 1.29 is 0 Å². The van der Waals surface area contributed by atoms with E-state index in [9.17, 15) is 0 Å². The second kappa shape index (κ2) is 7.93. The van der Waals surface area contributed by atoms with Crippen LogP contribution in [0.5, 0.6) is 0 Å². The molecule has 0 saturated heterocycles. The third-order valence-electron chi connectivity index (χ3n) is 2.94. The third-order valence-corrected chi connectivity index (χ3v) is 2.94. The lowest BCUT2D eigenvalue weighted by atomic mass is 10.2. The average Bonchev–Trinajstić information content (AvgIpc) is 2.38. The minimum Gasteiger partial charge on any atom is -0.384 e. The first kappa shape index (κ1) is 13.8. The summed E-state index contributed by atoms with van der Waals surface area (Å²) in [5.74, 6) is 1.06. The van der Waals surface area contributed by atoms with Gasteiger partial charge in [-0.05, 0) is 32.4 Å². The van der Waals surface area contributed by atoms with Crippen LogP contribution >= 0.6 is 0 Å². The van der Waals surface area contributed by atoms with Crippen molar-refractivity contribution in [2.45, 2.75) is 40.0 Å². The van der Waals surface area contributed by atoms with Gasteiger partial charge in [-0.3, -0.25) is 0 Å². The second-order valence-corrected chi connectivity index (χ2v) is 4.21. The zero-order chi connectivity index (χ0) is 12.5. The van der Waals surface area contributed by atoms with E-state index in [4.69, 9.17) is 0 Å². The van der Waals surface area contributed by atoms with E-state index in [0.717, 1.165) is 31.1 Å². The average molecular weight is 235 g/mol. The van der Waals surface area contributed by atoms with Gasteiger partial charge >= 0.3 is 0 Å². The van der Waals surface area contributed by atoms with Crippen LogP contribution in [0.15, 0.2) is 18.3 Å². The number of nitrogens with zero attached hydrogens (tertiary/aromatic N) is 2. The van der Waals surface area contributed by atoms with Gasteiger partial charge in [0.2, 0.25) is 0 Å². The molecule has 1 N–H and O–H groups in total. The number of rotatable bonds is 8. The number of unbranched alkanes of at least 4 members (excludes halogenated alkanes) is 2. The number of pyridine rings is 1. The van der Waals surface area contributed by atoms with Gasteiger partial charge in [-0.25, -0.2) is 4.98 Å². The summed E-state index contributed by atoms with van der Waals surface area (Å²) in [6.07, 6.45) is 5.71. The number of nitrogens with one attached hydrogen (secondary N) is 1. The topological polar surface area (TPSA) is 28.2 Å². The maximum Gasteiger partial charge on any atom is 0.128 e. The molecule has 0 atom stereocenters. The molecule has 0 aliphatic rings. The van der Waals surface area contributed by atoms with Crippen LogP contribution in [-0.4, -0.2) is 24.6 Å². The fourth-order valence-corrected chi connectivity index (χ4v) is 1.83. The Kier molecular flexibility index (Phi) is 6.45. The van der Waals surface area contributed by atoms with Gasteiger partial charge in [-0.2, -0.15) is 0 Å². The predicted octanol–water partition coefficient (Wildman–Crippen LogP) is 3.53. The van der Waals surface area contributed by atoms with Crippen LogP contribution in [0.1, 0.15) is 40.0 Å². The first-order valence-electron chi connectivity index (χ1n) is 6.76. The van der Waals surface area contributed by atoms with E-state index in [1.807, 2.05) is 6.20 Å². The molecule has 17 heavy (non-hydrogen) atoms. The van der Waals surface area contributed by atoms with Gasteiger partial charge in [0.25, 0.3) is 0 Å². The van der Waals surface area contributed by atoms with Crippen molar-refractivity contribution in [1.82, 2.24) is 4.98 Å². The van der Waals surface area contributed by atoms with Gasteiger partial charge in [0, 0.05) is 19.6 Å². The zero-order valence-corrected chi connectivity index (χ0v) is 11.4. The number of hydrogen-bond acceptors (Lipinski definition) is 3. The summed E-state index contributed by atoms with van der Waals surface area (Å²) in [6, 6.07) is 4.21. The Morgan fingerprint density at radius 3 is 2.41 bits per heavy atom. The van der Waals surface area contributed by atoms with Gasteiger partial charge in [0.1, 0.15) is 5.82 Å². The van der Waals surface area contributed by atoms with E-state index in [0.29, 0.717) is 0 Å². The minimum absolute atomic E-state index is 1.01. The van der Waals surface area contributed by atoms with Crippen LogP contribution in [0, 0.1) is 0 Å². The molecular weight excluding hydrogens is 210 g/mol. The van der Waals surface area contributed by atoms with E-state index < -0.39 is 0 Å². The summed E-state index contributed by atoms with van der Waals surface area (Å²) in [7, 11) is 0. The lowest BCUT2D eigenvalue weighted by Crippen LogP contribution is -2.22. The molecule has 0 aliphatic carbocycles.